The molecule has 10 heteroatoms. The minimum Gasteiger partial charge on any atom is -0.395 e. The predicted octanol–water partition coefficient (Wildman–Crippen LogP) is 1.52. The molecular formula is C18H17N3O6S. The van der Waals surface area contributed by atoms with E-state index in [9.17, 15) is 28.7 Å². The lowest BCUT2D eigenvalue weighted by Gasteiger charge is -2.22. The van der Waals surface area contributed by atoms with Crippen LogP contribution in [0.2, 0.25) is 0 Å². The number of nitrogens with zero attached hydrogens (tertiary/aromatic N) is 2. The second kappa shape index (κ2) is 7.98. The standard InChI is InChI=1S/C18H17N3O6S/c22-11-15(18(23)13-6-8-14(9-7-13)21(24)25)20-28(26,27)16-5-1-3-12-4-2-10-19-17(12)16/h1-10,15,18,20,22-23H,11H2/t15-,18-/m0/s1. The fourth-order valence-electron chi connectivity index (χ4n) is 2.78. The molecular weight excluding hydrogens is 386 g/mol. The van der Waals surface area contributed by atoms with Crippen molar-refractivity contribution in [1.29, 1.82) is 0 Å². The molecule has 2 atom stereocenters. The summed E-state index contributed by atoms with van der Waals surface area (Å²) in [6.07, 6.45) is 0.0554. The van der Waals surface area contributed by atoms with Crippen LogP contribution in [0, 0.1) is 10.1 Å². The second-order valence-corrected chi connectivity index (χ2v) is 7.72. The van der Waals surface area contributed by atoms with Crippen LogP contribution in [0.5, 0.6) is 0 Å². The van der Waals surface area contributed by atoms with E-state index in [0.29, 0.717) is 5.39 Å². The highest BCUT2D eigenvalue weighted by molar-refractivity contribution is 7.89. The van der Waals surface area contributed by atoms with E-state index < -0.39 is 33.7 Å². The van der Waals surface area contributed by atoms with Crippen LogP contribution in [0.15, 0.2) is 65.7 Å². The third-order valence-electron chi connectivity index (χ3n) is 4.21. The fourth-order valence-corrected chi connectivity index (χ4v) is 4.19. The van der Waals surface area contributed by atoms with Crippen molar-refractivity contribution in [3.63, 3.8) is 0 Å². The zero-order valence-electron chi connectivity index (χ0n) is 14.5. The highest BCUT2D eigenvalue weighted by Gasteiger charge is 2.28. The maximum Gasteiger partial charge on any atom is 0.269 e. The Labute approximate surface area is 160 Å². The van der Waals surface area contributed by atoms with E-state index in [1.54, 1.807) is 24.3 Å². The number of pyridine rings is 1. The monoisotopic (exact) mass is 403 g/mol. The number of nitro groups is 1. The third kappa shape index (κ3) is 3.99. The van der Waals surface area contributed by atoms with Gasteiger partial charge in [-0.15, -0.1) is 0 Å². The Morgan fingerprint density at radius 3 is 2.43 bits per heavy atom. The molecule has 3 rings (SSSR count). The van der Waals surface area contributed by atoms with Crippen LogP contribution in [-0.2, 0) is 10.0 Å². The number of sulfonamides is 1. The quantitative estimate of drug-likeness (QED) is 0.401. The molecule has 0 unspecified atom stereocenters. The van der Waals surface area contributed by atoms with E-state index in [4.69, 9.17) is 0 Å². The summed E-state index contributed by atoms with van der Waals surface area (Å²) in [4.78, 5) is 14.2. The van der Waals surface area contributed by atoms with Crippen LogP contribution in [-0.4, -0.2) is 41.2 Å². The molecule has 0 aliphatic rings. The number of benzene rings is 2. The number of nitrogens with one attached hydrogen (secondary N) is 1. The van der Waals surface area contributed by atoms with E-state index in [1.807, 2.05) is 0 Å². The first-order valence-corrected chi connectivity index (χ1v) is 9.71. The topological polar surface area (TPSA) is 143 Å². The van der Waals surface area contributed by atoms with E-state index >= 15 is 0 Å². The summed E-state index contributed by atoms with van der Waals surface area (Å²) in [5, 5.41) is 31.4. The van der Waals surface area contributed by atoms with Crippen LogP contribution in [0.3, 0.4) is 0 Å². The summed E-state index contributed by atoms with van der Waals surface area (Å²) in [5.41, 5.74) is 0.321. The van der Waals surface area contributed by atoms with Crippen molar-refractivity contribution in [2.75, 3.05) is 6.61 Å². The van der Waals surface area contributed by atoms with Gasteiger partial charge in [-0.3, -0.25) is 15.1 Å². The SMILES string of the molecule is O=[N+]([O-])c1ccc([C@H](O)[C@H](CO)NS(=O)(=O)c2cccc3cccnc23)cc1. The maximum atomic E-state index is 12.8. The first-order chi connectivity index (χ1) is 13.3. The Kier molecular flexibility index (Phi) is 5.66. The van der Waals surface area contributed by atoms with E-state index in [-0.39, 0.29) is 21.7 Å². The summed E-state index contributed by atoms with van der Waals surface area (Å²) >= 11 is 0. The number of nitro benzene ring substituents is 1. The van der Waals surface area contributed by atoms with Crippen molar-refractivity contribution in [3.05, 3.63) is 76.5 Å². The number of hydrogen-bond donors (Lipinski definition) is 3. The van der Waals surface area contributed by atoms with Crippen LogP contribution in [0.25, 0.3) is 10.9 Å². The van der Waals surface area contributed by atoms with Crippen LogP contribution in [0.1, 0.15) is 11.7 Å². The minimum absolute atomic E-state index is 0.0834. The van der Waals surface area contributed by atoms with Gasteiger partial charge in [-0.1, -0.05) is 18.2 Å². The molecule has 2 aromatic carbocycles. The van der Waals surface area contributed by atoms with Crippen molar-refractivity contribution in [3.8, 4) is 0 Å². The lowest BCUT2D eigenvalue weighted by Crippen LogP contribution is -2.42. The summed E-state index contributed by atoms with van der Waals surface area (Å²) in [5.74, 6) is 0. The zero-order chi connectivity index (χ0) is 20.3. The first-order valence-electron chi connectivity index (χ1n) is 8.23. The van der Waals surface area contributed by atoms with Gasteiger partial charge in [0.1, 0.15) is 4.90 Å². The average Bonchev–Trinajstić information content (AvgIpc) is 2.71. The number of para-hydroxylation sites is 1. The van der Waals surface area contributed by atoms with Gasteiger partial charge in [0.25, 0.3) is 5.69 Å². The molecule has 3 aromatic rings. The van der Waals surface area contributed by atoms with Gasteiger partial charge in [0.15, 0.2) is 0 Å². The smallest absolute Gasteiger partial charge is 0.269 e. The second-order valence-electron chi connectivity index (χ2n) is 6.04. The molecule has 0 bridgehead atoms. The van der Waals surface area contributed by atoms with Crippen molar-refractivity contribution in [2.45, 2.75) is 17.0 Å². The summed E-state index contributed by atoms with van der Waals surface area (Å²) in [6, 6.07) is 11.8. The van der Waals surface area contributed by atoms with Crippen molar-refractivity contribution in [1.82, 2.24) is 9.71 Å². The lowest BCUT2D eigenvalue weighted by molar-refractivity contribution is -0.384. The highest BCUT2D eigenvalue weighted by Crippen LogP contribution is 2.24. The van der Waals surface area contributed by atoms with Gasteiger partial charge in [0, 0.05) is 23.7 Å². The zero-order valence-corrected chi connectivity index (χ0v) is 15.3. The Hall–Kier alpha value is -2.92. The molecule has 28 heavy (non-hydrogen) atoms. The number of non-ortho nitro benzene ring substituents is 1. The maximum absolute atomic E-state index is 12.8. The van der Waals surface area contributed by atoms with Gasteiger partial charge in [-0.25, -0.2) is 13.1 Å². The van der Waals surface area contributed by atoms with Gasteiger partial charge in [0.05, 0.1) is 29.2 Å². The molecule has 0 saturated heterocycles. The molecule has 0 amide bonds. The Morgan fingerprint density at radius 2 is 1.79 bits per heavy atom. The molecule has 1 heterocycles. The summed E-state index contributed by atoms with van der Waals surface area (Å²) in [6.45, 7) is -0.685. The molecule has 0 aliphatic heterocycles. The number of aromatic nitrogens is 1. The molecule has 1 aromatic heterocycles. The Balaban J connectivity index is 1.89. The van der Waals surface area contributed by atoms with Crippen molar-refractivity contribution >= 4 is 26.6 Å². The molecule has 0 aliphatic carbocycles. The van der Waals surface area contributed by atoms with Crippen LogP contribution in [0.4, 0.5) is 5.69 Å². The fraction of sp³-hybridized carbons (Fsp3) is 0.167. The molecule has 0 radical (unpaired) electrons. The van der Waals surface area contributed by atoms with Gasteiger partial charge in [-0.05, 0) is 29.8 Å². The highest BCUT2D eigenvalue weighted by atomic mass is 32.2. The van der Waals surface area contributed by atoms with Crippen LogP contribution >= 0.6 is 0 Å². The summed E-state index contributed by atoms with van der Waals surface area (Å²) < 4.78 is 27.9. The number of aliphatic hydroxyl groups is 2. The molecule has 0 saturated carbocycles. The van der Waals surface area contributed by atoms with Gasteiger partial charge >= 0.3 is 0 Å². The average molecular weight is 403 g/mol. The van der Waals surface area contributed by atoms with Gasteiger partial charge in [0.2, 0.25) is 10.0 Å². The van der Waals surface area contributed by atoms with E-state index in [1.165, 1.54) is 36.5 Å². The summed E-state index contributed by atoms with van der Waals surface area (Å²) in [7, 11) is -4.11. The van der Waals surface area contributed by atoms with Crippen molar-refractivity contribution in [2.24, 2.45) is 0 Å². The molecule has 146 valence electrons. The number of rotatable bonds is 7. The molecule has 0 fully saturated rings. The lowest BCUT2D eigenvalue weighted by atomic mass is 10.0. The largest absolute Gasteiger partial charge is 0.395 e. The normalized spacial score (nSPS) is 13.9. The van der Waals surface area contributed by atoms with Crippen LogP contribution < -0.4 is 4.72 Å². The molecule has 3 N–H and O–H groups in total. The third-order valence-corrected chi connectivity index (χ3v) is 5.74. The van der Waals surface area contributed by atoms with Gasteiger partial charge in [-0.2, -0.15) is 0 Å². The predicted molar refractivity (Wildman–Crippen MR) is 101 cm³/mol. The minimum atomic E-state index is -4.11. The molecule has 0 spiro atoms. The first kappa shape index (κ1) is 19.8. The van der Waals surface area contributed by atoms with Gasteiger partial charge < -0.3 is 10.2 Å². The van der Waals surface area contributed by atoms with Crippen molar-refractivity contribution < 1.29 is 23.6 Å². The number of aliphatic hydroxyl groups excluding tert-OH is 2. The van der Waals surface area contributed by atoms with E-state index in [0.717, 1.165) is 0 Å². The van der Waals surface area contributed by atoms with E-state index in [2.05, 4.69) is 9.71 Å². The Bertz CT molecular complexity index is 1100. The number of hydrogen-bond acceptors (Lipinski definition) is 7. The number of fused-ring (bicyclic) bond motifs is 1. The Morgan fingerprint density at radius 1 is 1.11 bits per heavy atom. The molecule has 9 nitrogen and oxygen atoms in total.